The highest BCUT2D eigenvalue weighted by Crippen LogP contribution is 2.43. The Balaban J connectivity index is 1.68. The third kappa shape index (κ3) is 3.39. The monoisotopic (exact) mass is 462 g/mol. The molecule has 0 radical (unpaired) electrons. The molecular formula is C30H26N2O3+2. The lowest BCUT2D eigenvalue weighted by atomic mass is 10.1. The van der Waals surface area contributed by atoms with Crippen LogP contribution in [0.4, 0.5) is 11.4 Å². The standard InChI is InChI=1S/C30H26N2O3/c1-21-11-10-12-23-19-31(25-13-6-4-7-14-25)30(34-28(21)23)32(26-15-8-5-9-16-26)20-24-18-27(33-3)17-22(2)29(24)35-30/h4-20H,1-3H3/q+2. The van der Waals surface area contributed by atoms with Gasteiger partial charge in [0.25, 0.3) is 0 Å². The highest BCUT2D eigenvalue weighted by atomic mass is 16.7. The van der Waals surface area contributed by atoms with E-state index in [9.17, 15) is 0 Å². The van der Waals surface area contributed by atoms with Gasteiger partial charge in [-0.15, -0.1) is 0 Å². The average molecular weight is 463 g/mol. The Morgan fingerprint density at radius 1 is 0.629 bits per heavy atom. The van der Waals surface area contributed by atoms with Crippen LogP contribution in [0.1, 0.15) is 22.3 Å². The van der Waals surface area contributed by atoms with Crippen molar-refractivity contribution in [2.45, 2.75) is 19.9 Å². The van der Waals surface area contributed by atoms with Crippen LogP contribution in [0, 0.1) is 13.8 Å². The van der Waals surface area contributed by atoms with E-state index < -0.39 is 6.03 Å². The van der Waals surface area contributed by atoms with E-state index in [-0.39, 0.29) is 0 Å². The summed E-state index contributed by atoms with van der Waals surface area (Å²) in [7, 11) is 1.68. The van der Waals surface area contributed by atoms with E-state index in [1.165, 1.54) is 0 Å². The zero-order chi connectivity index (χ0) is 24.0. The second-order valence-corrected chi connectivity index (χ2v) is 8.78. The molecule has 1 spiro atoms. The molecule has 2 aliphatic rings. The van der Waals surface area contributed by atoms with E-state index in [4.69, 9.17) is 14.2 Å². The number of methoxy groups -OCH3 is 1. The molecule has 2 aliphatic heterocycles. The van der Waals surface area contributed by atoms with Crippen LogP contribution in [-0.2, 0) is 0 Å². The van der Waals surface area contributed by atoms with Crippen LogP contribution in [-0.4, -0.2) is 34.7 Å². The average Bonchev–Trinajstić information content (AvgIpc) is 2.90. The van der Waals surface area contributed by atoms with Crippen LogP contribution in [0.25, 0.3) is 0 Å². The molecule has 0 aliphatic carbocycles. The van der Waals surface area contributed by atoms with Crippen LogP contribution in [0.3, 0.4) is 0 Å². The fourth-order valence-corrected chi connectivity index (χ4v) is 4.73. The first kappa shape index (κ1) is 21.2. The van der Waals surface area contributed by atoms with Gasteiger partial charge < -0.3 is 14.2 Å². The summed E-state index contributed by atoms with van der Waals surface area (Å²) in [4.78, 5) is 0. The lowest BCUT2D eigenvalue weighted by Gasteiger charge is -2.32. The molecule has 0 amide bonds. The molecule has 5 heteroatoms. The molecule has 0 saturated heterocycles. The third-order valence-corrected chi connectivity index (χ3v) is 6.44. The Morgan fingerprint density at radius 3 is 1.80 bits per heavy atom. The minimum absolute atomic E-state index is 0.754. The Labute approximate surface area is 204 Å². The Hall–Kier alpha value is -4.38. The predicted octanol–water partition coefficient (Wildman–Crippen LogP) is 5.93. The van der Waals surface area contributed by atoms with E-state index in [1.54, 1.807) is 7.11 Å². The number of nitrogens with zero attached hydrogens (tertiary/aromatic N) is 2. The van der Waals surface area contributed by atoms with Gasteiger partial charge in [-0.05, 0) is 43.2 Å². The Bertz CT molecular complexity index is 1490. The Kier molecular flexibility index (Phi) is 4.92. The summed E-state index contributed by atoms with van der Waals surface area (Å²) in [6.45, 7) is 4.08. The van der Waals surface area contributed by atoms with Gasteiger partial charge in [-0.25, -0.2) is 0 Å². The molecule has 6 rings (SSSR count). The largest absolute Gasteiger partial charge is 0.714 e. The lowest BCUT2D eigenvalue weighted by molar-refractivity contribution is -0.855. The summed E-state index contributed by atoms with van der Waals surface area (Å²) in [5.74, 6) is 2.33. The maximum atomic E-state index is 6.95. The van der Waals surface area contributed by atoms with Crippen molar-refractivity contribution in [1.82, 2.24) is 0 Å². The number of hydrogen-bond acceptors (Lipinski definition) is 3. The first-order valence-corrected chi connectivity index (χ1v) is 11.6. The van der Waals surface area contributed by atoms with Crippen molar-refractivity contribution >= 4 is 23.8 Å². The first-order chi connectivity index (χ1) is 17.1. The Morgan fingerprint density at radius 2 is 1.20 bits per heavy atom. The fraction of sp³-hybridized carbons (Fsp3) is 0.133. The molecule has 2 heterocycles. The maximum absolute atomic E-state index is 6.95. The second kappa shape index (κ2) is 8.13. The quantitative estimate of drug-likeness (QED) is 0.354. The van der Waals surface area contributed by atoms with Crippen molar-refractivity contribution in [3.05, 3.63) is 113 Å². The van der Waals surface area contributed by atoms with E-state index in [0.717, 1.165) is 50.9 Å². The minimum Gasteiger partial charge on any atom is -0.497 e. The highest BCUT2D eigenvalue weighted by molar-refractivity contribution is 5.85. The zero-order valence-electron chi connectivity index (χ0n) is 19.9. The molecule has 0 saturated carbocycles. The van der Waals surface area contributed by atoms with Gasteiger partial charge in [0, 0.05) is 24.3 Å². The lowest BCUT2D eigenvalue weighted by Crippen LogP contribution is -2.62. The third-order valence-electron chi connectivity index (χ3n) is 6.44. The van der Waals surface area contributed by atoms with Crippen LogP contribution in [0.15, 0.2) is 91.0 Å². The van der Waals surface area contributed by atoms with Gasteiger partial charge in [-0.1, -0.05) is 57.7 Å². The minimum atomic E-state index is -1.33. The van der Waals surface area contributed by atoms with Crippen LogP contribution in [0.2, 0.25) is 0 Å². The molecule has 4 aromatic rings. The van der Waals surface area contributed by atoms with Gasteiger partial charge in [0.15, 0.2) is 23.9 Å². The van der Waals surface area contributed by atoms with Crippen molar-refractivity contribution in [3.8, 4) is 17.2 Å². The number of aryl methyl sites for hydroxylation is 2. The van der Waals surface area contributed by atoms with Crippen LogP contribution in [0.5, 0.6) is 17.2 Å². The number of rotatable bonds is 3. The van der Waals surface area contributed by atoms with Crippen LogP contribution < -0.4 is 14.2 Å². The summed E-state index contributed by atoms with van der Waals surface area (Å²) < 4.78 is 23.5. The summed E-state index contributed by atoms with van der Waals surface area (Å²) in [5.41, 5.74) is 5.81. The number of benzene rings is 4. The van der Waals surface area contributed by atoms with Crippen LogP contribution >= 0.6 is 0 Å². The van der Waals surface area contributed by atoms with Crippen molar-refractivity contribution in [1.29, 1.82) is 0 Å². The fourth-order valence-electron chi connectivity index (χ4n) is 4.73. The van der Waals surface area contributed by atoms with Gasteiger partial charge in [0.2, 0.25) is 11.4 Å². The molecule has 1 unspecified atom stereocenters. The number of ether oxygens (including phenoxy) is 3. The number of para-hydroxylation sites is 3. The summed E-state index contributed by atoms with van der Waals surface area (Å²) in [6, 6.07) is 29.1. The molecule has 5 nitrogen and oxygen atoms in total. The second-order valence-electron chi connectivity index (χ2n) is 8.78. The first-order valence-electron chi connectivity index (χ1n) is 11.6. The van der Waals surface area contributed by atoms with Crippen molar-refractivity contribution in [2.75, 3.05) is 7.11 Å². The molecule has 0 aromatic heterocycles. The number of hydrogen-bond donors (Lipinski definition) is 0. The van der Waals surface area contributed by atoms with Crippen molar-refractivity contribution < 1.29 is 23.4 Å². The molecule has 0 N–H and O–H groups in total. The van der Waals surface area contributed by atoms with E-state index in [1.807, 2.05) is 66.1 Å². The molecule has 4 aromatic carbocycles. The SMILES string of the molecule is COc1cc(C)c2c(c1)C=[N+](c1ccccc1)C1(Oc3c(C)cccc3C=[N+]1c1ccccc1)O2. The molecule has 172 valence electrons. The zero-order valence-corrected chi connectivity index (χ0v) is 19.9. The summed E-state index contributed by atoms with van der Waals surface area (Å²) in [5, 5.41) is 0. The summed E-state index contributed by atoms with van der Waals surface area (Å²) >= 11 is 0. The topological polar surface area (TPSA) is 33.7 Å². The maximum Gasteiger partial charge on any atom is 0.714 e. The van der Waals surface area contributed by atoms with Gasteiger partial charge in [-0.2, -0.15) is 0 Å². The summed E-state index contributed by atoms with van der Waals surface area (Å²) in [6.07, 6.45) is 4.19. The smallest absolute Gasteiger partial charge is 0.497 e. The molecule has 1 atom stereocenters. The van der Waals surface area contributed by atoms with E-state index in [0.29, 0.717) is 0 Å². The van der Waals surface area contributed by atoms with E-state index >= 15 is 0 Å². The molecule has 35 heavy (non-hydrogen) atoms. The highest BCUT2D eigenvalue weighted by Gasteiger charge is 2.66. The van der Waals surface area contributed by atoms with Gasteiger partial charge in [0.05, 0.1) is 18.2 Å². The van der Waals surface area contributed by atoms with Crippen molar-refractivity contribution in [3.63, 3.8) is 0 Å². The number of fused-ring (bicyclic) bond motifs is 2. The van der Waals surface area contributed by atoms with Gasteiger partial charge in [0.1, 0.15) is 5.75 Å². The molecular weight excluding hydrogens is 436 g/mol. The van der Waals surface area contributed by atoms with Gasteiger partial charge in [-0.3, -0.25) is 0 Å². The predicted molar refractivity (Wildman–Crippen MR) is 136 cm³/mol. The molecule has 0 bridgehead atoms. The van der Waals surface area contributed by atoms with E-state index in [2.05, 4.69) is 60.3 Å². The van der Waals surface area contributed by atoms with Crippen molar-refractivity contribution in [2.24, 2.45) is 0 Å². The normalized spacial score (nSPS) is 17.9. The van der Waals surface area contributed by atoms with Gasteiger partial charge >= 0.3 is 6.03 Å². The molecule has 0 fully saturated rings.